The van der Waals surface area contributed by atoms with Gasteiger partial charge in [0.25, 0.3) is 0 Å². The van der Waals surface area contributed by atoms with Gasteiger partial charge in [-0.05, 0) is 12.8 Å². The van der Waals surface area contributed by atoms with Gasteiger partial charge in [0.15, 0.2) is 5.65 Å². The fourth-order valence-corrected chi connectivity index (χ4v) is 1.81. The summed E-state index contributed by atoms with van der Waals surface area (Å²) in [4.78, 5) is 15.2. The highest BCUT2D eigenvalue weighted by Gasteiger charge is 2.33. The third kappa shape index (κ3) is 1.23. The van der Waals surface area contributed by atoms with Crippen molar-refractivity contribution in [2.45, 2.75) is 18.8 Å². The van der Waals surface area contributed by atoms with E-state index < -0.39 is 5.97 Å². The van der Waals surface area contributed by atoms with Crippen LogP contribution in [0.2, 0.25) is 0 Å². The average Bonchev–Trinajstić information content (AvgIpc) is 2.99. The lowest BCUT2D eigenvalue weighted by molar-refractivity contribution is 0.0697. The summed E-state index contributed by atoms with van der Waals surface area (Å²) in [5, 5.41) is 13.4. The van der Waals surface area contributed by atoms with E-state index >= 15 is 0 Å². The number of carboxylic acids is 1. The summed E-state index contributed by atoms with van der Waals surface area (Å²) in [5.74, 6) is -0.705. The molecule has 16 heavy (non-hydrogen) atoms. The minimum atomic E-state index is -0.978. The fourth-order valence-electron chi connectivity index (χ4n) is 1.81. The molecular weight excluding hydrogens is 208 g/mol. The largest absolute Gasteiger partial charge is 0.477 e. The first-order chi connectivity index (χ1) is 7.66. The number of carbonyl (C=O) groups is 1. The van der Waals surface area contributed by atoms with E-state index in [2.05, 4.69) is 10.1 Å². The van der Waals surface area contributed by atoms with Gasteiger partial charge in [-0.1, -0.05) is 0 Å². The summed E-state index contributed by atoms with van der Waals surface area (Å²) in [6.45, 7) is 0. The van der Waals surface area contributed by atoms with Crippen molar-refractivity contribution in [3.63, 3.8) is 0 Å². The molecule has 1 fully saturated rings. The maximum atomic E-state index is 11.2. The lowest BCUT2D eigenvalue weighted by atomic mass is 10.2. The normalized spacial score (nSPS) is 15.5. The van der Waals surface area contributed by atoms with Crippen molar-refractivity contribution in [2.24, 2.45) is 0 Å². The first-order valence-electron chi connectivity index (χ1n) is 5.04. The molecule has 6 nitrogen and oxygen atoms in total. The number of aromatic nitrogens is 3. The number of rotatable bonds is 2. The van der Waals surface area contributed by atoms with Crippen LogP contribution in [-0.4, -0.2) is 25.7 Å². The first-order valence-corrected chi connectivity index (χ1v) is 5.04. The van der Waals surface area contributed by atoms with Gasteiger partial charge in [0.2, 0.25) is 0 Å². The molecule has 1 aliphatic carbocycles. The van der Waals surface area contributed by atoms with Crippen LogP contribution in [0, 0.1) is 0 Å². The molecule has 0 spiro atoms. The Morgan fingerprint density at radius 2 is 2.31 bits per heavy atom. The molecule has 3 N–H and O–H groups in total. The summed E-state index contributed by atoms with van der Waals surface area (Å²) >= 11 is 0. The van der Waals surface area contributed by atoms with Crippen LogP contribution in [0.1, 0.15) is 34.8 Å². The highest BCUT2D eigenvalue weighted by atomic mass is 16.4. The monoisotopic (exact) mass is 218 g/mol. The van der Waals surface area contributed by atoms with E-state index in [0.717, 1.165) is 12.8 Å². The predicted octanol–water partition coefficient (Wildman–Crippen LogP) is 0.887. The van der Waals surface area contributed by atoms with Crippen LogP contribution in [0.15, 0.2) is 12.4 Å². The topological polar surface area (TPSA) is 93.5 Å². The summed E-state index contributed by atoms with van der Waals surface area (Å²) in [7, 11) is 0. The van der Waals surface area contributed by atoms with Gasteiger partial charge in [-0.3, -0.25) is 0 Å². The summed E-state index contributed by atoms with van der Waals surface area (Å²) < 4.78 is 1.45. The van der Waals surface area contributed by atoms with Crippen LogP contribution in [0.25, 0.3) is 5.65 Å². The van der Waals surface area contributed by atoms with E-state index in [1.54, 1.807) is 6.20 Å². The smallest absolute Gasteiger partial charge is 0.341 e. The number of fused-ring (bicyclic) bond motifs is 1. The molecule has 0 bridgehead atoms. The van der Waals surface area contributed by atoms with E-state index in [1.165, 1.54) is 10.7 Å². The molecule has 0 radical (unpaired) electrons. The highest BCUT2D eigenvalue weighted by molar-refractivity contribution is 5.96. The lowest BCUT2D eigenvalue weighted by Gasteiger charge is -1.94. The van der Waals surface area contributed by atoms with Crippen molar-refractivity contribution < 1.29 is 9.90 Å². The average molecular weight is 218 g/mol. The molecule has 0 unspecified atom stereocenters. The van der Waals surface area contributed by atoms with Crippen molar-refractivity contribution in [3.05, 3.63) is 23.7 Å². The Balaban J connectivity index is 2.32. The van der Waals surface area contributed by atoms with Gasteiger partial charge in [-0.15, -0.1) is 0 Å². The van der Waals surface area contributed by atoms with Gasteiger partial charge in [0.1, 0.15) is 5.56 Å². The molecule has 1 aliphatic rings. The number of hydrogen-bond acceptors (Lipinski definition) is 4. The van der Waals surface area contributed by atoms with Crippen molar-refractivity contribution in [1.82, 2.24) is 14.6 Å². The predicted molar refractivity (Wildman–Crippen MR) is 56.3 cm³/mol. The summed E-state index contributed by atoms with van der Waals surface area (Å²) in [6.07, 6.45) is 5.03. The third-order valence-corrected chi connectivity index (χ3v) is 2.70. The molecule has 1 saturated carbocycles. The number of nitrogens with zero attached hydrogens (tertiary/aromatic N) is 3. The second kappa shape index (κ2) is 2.94. The Morgan fingerprint density at radius 3 is 2.94 bits per heavy atom. The van der Waals surface area contributed by atoms with Crippen molar-refractivity contribution >= 4 is 17.3 Å². The standard InChI is InChI=1S/C10H10N4O2/c11-6-3-12-9-7(10(15)16)8(5-1-2-5)13-14(9)4-6/h3-5H,1-2,11H2,(H,15,16). The van der Waals surface area contributed by atoms with E-state index in [0.29, 0.717) is 17.0 Å². The third-order valence-electron chi connectivity index (χ3n) is 2.70. The van der Waals surface area contributed by atoms with E-state index in [4.69, 9.17) is 5.73 Å². The second-order valence-electron chi connectivity index (χ2n) is 4.00. The molecule has 2 aromatic rings. The van der Waals surface area contributed by atoms with Crippen molar-refractivity contribution in [3.8, 4) is 0 Å². The Labute approximate surface area is 90.7 Å². The Kier molecular flexibility index (Phi) is 1.68. The minimum Gasteiger partial charge on any atom is -0.477 e. The summed E-state index contributed by atoms with van der Waals surface area (Å²) in [5.41, 5.74) is 7.25. The quantitative estimate of drug-likeness (QED) is 0.780. The SMILES string of the molecule is Nc1cnc2c(C(=O)O)c(C3CC3)nn2c1. The number of carboxylic acid groups (broad SMARTS) is 1. The lowest BCUT2D eigenvalue weighted by Crippen LogP contribution is -2.00. The van der Waals surface area contributed by atoms with Crippen LogP contribution in [-0.2, 0) is 0 Å². The van der Waals surface area contributed by atoms with Gasteiger partial charge in [-0.2, -0.15) is 5.10 Å². The first kappa shape index (κ1) is 9.14. The summed E-state index contributed by atoms with van der Waals surface area (Å²) in [6, 6.07) is 0. The zero-order valence-corrected chi connectivity index (χ0v) is 8.42. The molecule has 0 atom stereocenters. The van der Waals surface area contributed by atoms with Gasteiger partial charge < -0.3 is 10.8 Å². The Morgan fingerprint density at radius 1 is 1.56 bits per heavy atom. The Hall–Kier alpha value is -2.11. The molecule has 3 rings (SSSR count). The number of aromatic carboxylic acids is 1. The molecule has 2 heterocycles. The van der Waals surface area contributed by atoms with Gasteiger partial charge in [-0.25, -0.2) is 14.3 Å². The minimum absolute atomic E-state index is 0.211. The van der Waals surface area contributed by atoms with Crippen molar-refractivity contribution in [2.75, 3.05) is 5.73 Å². The van der Waals surface area contributed by atoms with Crippen LogP contribution >= 0.6 is 0 Å². The number of hydrogen-bond donors (Lipinski definition) is 2. The zero-order valence-electron chi connectivity index (χ0n) is 8.42. The molecular formula is C10H10N4O2. The van der Waals surface area contributed by atoms with Crippen LogP contribution < -0.4 is 5.73 Å². The molecule has 0 aromatic carbocycles. The Bertz CT molecular complexity index is 586. The molecule has 0 amide bonds. The van der Waals surface area contributed by atoms with Gasteiger partial charge in [0, 0.05) is 5.92 Å². The van der Waals surface area contributed by atoms with Crippen molar-refractivity contribution in [1.29, 1.82) is 0 Å². The molecule has 6 heteroatoms. The molecule has 0 saturated heterocycles. The second-order valence-corrected chi connectivity index (χ2v) is 4.00. The van der Waals surface area contributed by atoms with Gasteiger partial charge >= 0.3 is 5.97 Å². The number of anilines is 1. The van der Waals surface area contributed by atoms with Crippen LogP contribution in [0.5, 0.6) is 0 Å². The zero-order chi connectivity index (χ0) is 11.3. The molecule has 2 aromatic heterocycles. The molecule has 0 aliphatic heterocycles. The van der Waals surface area contributed by atoms with Gasteiger partial charge in [0.05, 0.1) is 23.8 Å². The van der Waals surface area contributed by atoms with E-state index in [1.807, 2.05) is 0 Å². The molecule has 82 valence electrons. The van der Waals surface area contributed by atoms with Crippen LogP contribution in [0.3, 0.4) is 0 Å². The van der Waals surface area contributed by atoms with E-state index in [-0.39, 0.29) is 11.5 Å². The highest BCUT2D eigenvalue weighted by Crippen LogP contribution is 2.41. The maximum Gasteiger partial charge on any atom is 0.341 e. The maximum absolute atomic E-state index is 11.2. The number of nitrogen functional groups attached to an aromatic ring is 1. The van der Waals surface area contributed by atoms with E-state index in [9.17, 15) is 9.90 Å². The fraction of sp³-hybridized carbons (Fsp3) is 0.300. The number of nitrogens with two attached hydrogens (primary N) is 1. The van der Waals surface area contributed by atoms with Crippen LogP contribution in [0.4, 0.5) is 5.69 Å².